The zero-order valence-corrected chi connectivity index (χ0v) is 13.3. The highest BCUT2D eigenvalue weighted by Gasteiger charge is 2.29. The van der Waals surface area contributed by atoms with E-state index in [2.05, 4.69) is 0 Å². The number of hydrogen-bond donors (Lipinski definition) is 1. The molecule has 122 valence electrons. The van der Waals surface area contributed by atoms with E-state index in [1.165, 1.54) is 0 Å². The van der Waals surface area contributed by atoms with Gasteiger partial charge >= 0.3 is 0 Å². The number of fused-ring (bicyclic) bond motifs is 1. The molecule has 0 unspecified atom stereocenters. The molecule has 6 nitrogen and oxygen atoms in total. The van der Waals surface area contributed by atoms with Crippen LogP contribution in [0.25, 0.3) is 0 Å². The van der Waals surface area contributed by atoms with Crippen LogP contribution in [0.5, 0.6) is 11.5 Å². The second-order valence-corrected chi connectivity index (χ2v) is 7.68. The van der Waals surface area contributed by atoms with Crippen molar-refractivity contribution in [3.8, 4) is 11.5 Å². The van der Waals surface area contributed by atoms with Gasteiger partial charge in [-0.15, -0.1) is 0 Å². The monoisotopic (exact) mass is 326 g/mol. The summed E-state index contributed by atoms with van der Waals surface area (Å²) in [6.07, 6.45) is 2.43. The van der Waals surface area contributed by atoms with E-state index in [-0.39, 0.29) is 4.90 Å². The minimum atomic E-state index is -3.48. The molecule has 7 heteroatoms. The molecule has 0 bridgehead atoms. The fourth-order valence-corrected chi connectivity index (χ4v) is 4.32. The number of nitrogens with zero attached hydrogens (tertiary/aromatic N) is 1. The van der Waals surface area contributed by atoms with Crippen molar-refractivity contribution in [2.45, 2.75) is 24.2 Å². The highest BCUT2D eigenvalue weighted by molar-refractivity contribution is 7.89. The van der Waals surface area contributed by atoms with Gasteiger partial charge in [-0.25, -0.2) is 8.42 Å². The summed E-state index contributed by atoms with van der Waals surface area (Å²) in [5.41, 5.74) is 5.66. The smallest absolute Gasteiger partial charge is 0.243 e. The maximum atomic E-state index is 12.8. The van der Waals surface area contributed by atoms with Crippen LogP contribution in [0.2, 0.25) is 0 Å². The second-order valence-electron chi connectivity index (χ2n) is 5.74. The Balaban J connectivity index is 1.82. The van der Waals surface area contributed by atoms with Gasteiger partial charge in [0, 0.05) is 25.6 Å². The molecule has 2 aliphatic heterocycles. The predicted molar refractivity (Wildman–Crippen MR) is 82.6 cm³/mol. The number of ether oxygens (including phenoxy) is 2. The van der Waals surface area contributed by atoms with Crippen LogP contribution in [0.4, 0.5) is 0 Å². The third kappa shape index (κ3) is 3.06. The molecule has 0 atom stereocenters. The Morgan fingerprint density at radius 3 is 2.50 bits per heavy atom. The molecular weight excluding hydrogens is 304 g/mol. The zero-order chi connectivity index (χ0) is 15.6. The lowest BCUT2D eigenvalue weighted by molar-refractivity contribution is 0.278. The summed E-state index contributed by atoms with van der Waals surface area (Å²) < 4.78 is 38.2. The minimum absolute atomic E-state index is 0.267. The first-order valence-corrected chi connectivity index (χ1v) is 9.15. The zero-order valence-electron chi connectivity index (χ0n) is 12.5. The lowest BCUT2D eigenvalue weighted by atomic mass is 9.99. The van der Waals surface area contributed by atoms with Crippen LogP contribution in [-0.2, 0) is 10.0 Å². The number of hydrogen-bond acceptors (Lipinski definition) is 5. The number of piperidine rings is 1. The molecule has 0 aliphatic carbocycles. The SMILES string of the molecule is NCC1CCN(S(=O)(=O)c2ccc3c(c2)OCCCO3)CC1. The Morgan fingerprint density at radius 2 is 1.82 bits per heavy atom. The van der Waals surface area contributed by atoms with Crippen molar-refractivity contribution in [3.63, 3.8) is 0 Å². The van der Waals surface area contributed by atoms with Gasteiger partial charge < -0.3 is 15.2 Å². The first-order chi connectivity index (χ1) is 10.6. The van der Waals surface area contributed by atoms with Gasteiger partial charge in [0.25, 0.3) is 0 Å². The number of benzene rings is 1. The van der Waals surface area contributed by atoms with E-state index in [1.807, 2.05) is 0 Å². The predicted octanol–water partition coefficient (Wildman–Crippen LogP) is 1.21. The van der Waals surface area contributed by atoms with Gasteiger partial charge in [0.15, 0.2) is 11.5 Å². The lowest BCUT2D eigenvalue weighted by Gasteiger charge is -2.30. The van der Waals surface area contributed by atoms with Crippen LogP contribution >= 0.6 is 0 Å². The normalized spacial score (nSPS) is 20.6. The topological polar surface area (TPSA) is 81.9 Å². The average molecular weight is 326 g/mol. The number of sulfonamides is 1. The fourth-order valence-electron chi connectivity index (χ4n) is 2.84. The Hall–Kier alpha value is -1.31. The summed E-state index contributed by atoms with van der Waals surface area (Å²) in [6.45, 7) is 2.80. The molecule has 0 amide bonds. The number of nitrogens with two attached hydrogens (primary N) is 1. The maximum absolute atomic E-state index is 12.8. The van der Waals surface area contributed by atoms with Crippen LogP contribution in [0.3, 0.4) is 0 Å². The molecule has 0 spiro atoms. The largest absolute Gasteiger partial charge is 0.490 e. The fraction of sp³-hybridized carbons (Fsp3) is 0.600. The number of rotatable bonds is 3. The minimum Gasteiger partial charge on any atom is -0.490 e. The quantitative estimate of drug-likeness (QED) is 0.903. The standard InChI is InChI=1S/C15H22N2O4S/c16-11-12-4-6-17(7-5-12)22(18,19)13-2-3-14-15(10-13)21-9-1-8-20-14/h2-3,10,12H,1,4-9,11,16H2. The summed E-state index contributed by atoms with van der Waals surface area (Å²) in [5, 5.41) is 0. The molecule has 0 radical (unpaired) electrons. The summed E-state index contributed by atoms with van der Waals surface area (Å²) in [6, 6.07) is 4.85. The Kier molecular flexibility index (Phi) is 4.56. The van der Waals surface area contributed by atoms with Crippen molar-refractivity contribution in [1.82, 2.24) is 4.31 Å². The third-order valence-electron chi connectivity index (χ3n) is 4.26. The molecule has 1 saturated heterocycles. The van der Waals surface area contributed by atoms with Crippen LogP contribution in [-0.4, -0.2) is 45.6 Å². The highest BCUT2D eigenvalue weighted by atomic mass is 32.2. The lowest BCUT2D eigenvalue weighted by Crippen LogP contribution is -2.40. The van der Waals surface area contributed by atoms with E-state index < -0.39 is 10.0 Å². The van der Waals surface area contributed by atoms with Crippen molar-refractivity contribution in [3.05, 3.63) is 18.2 Å². The van der Waals surface area contributed by atoms with Gasteiger partial charge in [0.1, 0.15) is 0 Å². The molecule has 3 rings (SSSR count). The Labute approximate surface area is 131 Å². The molecule has 0 aromatic heterocycles. The molecular formula is C15H22N2O4S. The summed E-state index contributed by atoms with van der Waals surface area (Å²) in [5.74, 6) is 1.55. The first kappa shape index (κ1) is 15.6. The molecule has 2 heterocycles. The molecule has 22 heavy (non-hydrogen) atoms. The van der Waals surface area contributed by atoms with Gasteiger partial charge in [-0.3, -0.25) is 0 Å². The maximum Gasteiger partial charge on any atom is 0.243 e. The van der Waals surface area contributed by atoms with E-state index >= 15 is 0 Å². The van der Waals surface area contributed by atoms with Crippen molar-refractivity contribution in [2.75, 3.05) is 32.8 Å². The van der Waals surface area contributed by atoms with Gasteiger partial charge in [0.2, 0.25) is 10.0 Å². The summed E-state index contributed by atoms with van der Waals surface area (Å²) in [4.78, 5) is 0.267. The van der Waals surface area contributed by atoms with E-state index in [1.54, 1.807) is 22.5 Å². The first-order valence-electron chi connectivity index (χ1n) is 7.71. The molecule has 1 fully saturated rings. The van der Waals surface area contributed by atoms with Crippen LogP contribution in [0.15, 0.2) is 23.1 Å². The molecule has 2 N–H and O–H groups in total. The second kappa shape index (κ2) is 6.44. The molecule has 1 aromatic carbocycles. The van der Waals surface area contributed by atoms with Crippen LogP contribution in [0, 0.1) is 5.92 Å². The highest BCUT2D eigenvalue weighted by Crippen LogP contribution is 2.33. The molecule has 1 aromatic rings. The van der Waals surface area contributed by atoms with Gasteiger partial charge in [-0.2, -0.15) is 4.31 Å². The van der Waals surface area contributed by atoms with E-state index in [0.717, 1.165) is 19.3 Å². The van der Waals surface area contributed by atoms with Crippen LogP contribution < -0.4 is 15.2 Å². The van der Waals surface area contributed by atoms with E-state index in [9.17, 15) is 8.42 Å². The van der Waals surface area contributed by atoms with Gasteiger partial charge in [-0.1, -0.05) is 0 Å². The average Bonchev–Trinajstić information content (AvgIpc) is 2.79. The molecule has 2 aliphatic rings. The van der Waals surface area contributed by atoms with E-state index in [0.29, 0.717) is 50.3 Å². The summed E-state index contributed by atoms with van der Waals surface area (Å²) >= 11 is 0. The van der Waals surface area contributed by atoms with Crippen molar-refractivity contribution in [1.29, 1.82) is 0 Å². The van der Waals surface area contributed by atoms with Crippen molar-refractivity contribution < 1.29 is 17.9 Å². The third-order valence-corrected chi connectivity index (χ3v) is 6.16. The molecule has 0 saturated carbocycles. The van der Waals surface area contributed by atoms with Gasteiger partial charge in [0.05, 0.1) is 18.1 Å². The summed E-state index contributed by atoms with van der Waals surface area (Å²) in [7, 11) is -3.48. The van der Waals surface area contributed by atoms with E-state index in [4.69, 9.17) is 15.2 Å². The van der Waals surface area contributed by atoms with Crippen LogP contribution in [0.1, 0.15) is 19.3 Å². The Bertz CT molecular complexity index is 624. The van der Waals surface area contributed by atoms with Gasteiger partial charge in [-0.05, 0) is 37.4 Å². The van der Waals surface area contributed by atoms with Crippen molar-refractivity contribution >= 4 is 10.0 Å². The van der Waals surface area contributed by atoms with Crippen molar-refractivity contribution in [2.24, 2.45) is 11.7 Å². The Morgan fingerprint density at radius 1 is 1.14 bits per heavy atom.